The maximum absolute atomic E-state index is 10.8. The Labute approximate surface area is 99.7 Å². The van der Waals surface area contributed by atoms with Crippen LogP contribution >= 0.6 is 0 Å². The summed E-state index contributed by atoms with van der Waals surface area (Å²) in [6, 6.07) is 4.30. The van der Waals surface area contributed by atoms with Gasteiger partial charge in [-0.3, -0.25) is 0 Å². The molecule has 5 nitrogen and oxygen atoms in total. The number of carboxylic acids is 1. The maximum Gasteiger partial charge on any atom is 0.339 e. The average molecular weight is 239 g/mol. The molecule has 1 atom stereocenters. The van der Waals surface area contributed by atoms with Crippen molar-refractivity contribution in [2.75, 3.05) is 6.54 Å². The summed E-state index contributed by atoms with van der Waals surface area (Å²) in [6.45, 7) is 4.24. The summed E-state index contributed by atoms with van der Waals surface area (Å²) in [7, 11) is 0. The highest BCUT2D eigenvalue weighted by molar-refractivity contribution is 5.90. The van der Waals surface area contributed by atoms with Crippen molar-refractivity contribution in [3.05, 3.63) is 29.3 Å². The molecule has 0 bridgehead atoms. The molecule has 0 saturated carbocycles. The lowest BCUT2D eigenvalue weighted by Crippen LogP contribution is -2.27. The minimum atomic E-state index is -1.21. The van der Waals surface area contributed by atoms with Crippen molar-refractivity contribution in [3.63, 3.8) is 0 Å². The highest BCUT2D eigenvalue weighted by Gasteiger charge is 2.14. The minimum Gasteiger partial charge on any atom is -0.507 e. The van der Waals surface area contributed by atoms with Gasteiger partial charge in [0.15, 0.2) is 0 Å². The zero-order valence-electron chi connectivity index (χ0n) is 9.84. The predicted octanol–water partition coefficient (Wildman–Crippen LogP) is 1.12. The van der Waals surface area contributed by atoms with Crippen LogP contribution in [0.5, 0.6) is 5.75 Å². The van der Waals surface area contributed by atoms with Gasteiger partial charge in [-0.05, 0) is 17.7 Å². The first-order valence-corrected chi connectivity index (χ1v) is 5.39. The van der Waals surface area contributed by atoms with Gasteiger partial charge < -0.3 is 20.6 Å². The van der Waals surface area contributed by atoms with Crippen molar-refractivity contribution < 1.29 is 20.1 Å². The van der Waals surface area contributed by atoms with E-state index in [0.717, 1.165) is 0 Å². The van der Waals surface area contributed by atoms with Gasteiger partial charge in [-0.25, -0.2) is 4.79 Å². The number of aromatic carboxylic acids is 1. The molecule has 1 aromatic carbocycles. The van der Waals surface area contributed by atoms with E-state index in [1.165, 1.54) is 18.2 Å². The molecule has 0 heterocycles. The minimum absolute atomic E-state index is 0.203. The van der Waals surface area contributed by atoms with Crippen LogP contribution in [0.2, 0.25) is 0 Å². The van der Waals surface area contributed by atoms with Gasteiger partial charge in [0.05, 0.1) is 6.10 Å². The van der Waals surface area contributed by atoms with E-state index < -0.39 is 12.1 Å². The number of carbonyl (C=O) groups is 1. The second-order valence-corrected chi connectivity index (χ2v) is 4.16. The van der Waals surface area contributed by atoms with Crippen molar-refractivity contribution in [1.29, 1.82) is 0 Å². The zero-order valence-corrected chi connectivity index (χ0v) is 9.84. The third-order valence-electron chi connectivity index (χ3n) is 2.36. The van der Waals surface area contributed by atoms with Gasteiger partial charge in [-0.1, -0.05) is 19.9 Å². The molecule has 0 aromatic heterocycles. The third kappa shape index (κ3) is 3.72. The van der Waals surface area contributed by atoms with Gasteiger partial charge in [-0.2, -0.15) is 0 Å². The number of nitrogens with one attached hydrogen (secondary N) is 1. The lowest BCUT2D eigenvalue weighted by molar-refractivity contribution is 0.0693. The van der Waals surface area contributed by atoms with Crippen molar-refractivity contribution in [3.8, 4) is 5.75 Å². The van der Waals surface area contributed by atoms with Crippen LogP contribution in [0.1, 0.15) is 35.9 Å². The molecule has 0 radical (unpaired) electrons. The SMILES string of the molecule is CC(C)NCC(O)c1ccc(O)c(C(=O)O)c1. The largest absolute Gasteiger partial charge is 0.507 e. The van der Waals surface area contributed by atoms with Crippen LogP contribution in [0, 0.1) is 0 Å². The molecule has 1 rings (SSSR count). The van der Waals surface area contributed by atoms with Crippen LogP contribution in [0.15, 0.2) is 18.2 Å². The highest BCUT2D eigenvalue weighted by Crippen LogP contribution is 2.22. The normalized spacial score (nSPS) is 12.7. The molecule has 5 heteroatoms. The Kier molecular flexibility index (Phi) is 4.48. The van der Waals surface area contributed by atoms with Gasteiger partial charge in [0.1, 0.15) is 11.3 Å². The standard InChI is InChI=1S/C12H17NO4/c1-7(2)13-6-11(15)8-3-4-10(14)9(5-8)12(16)17/h3-5,7,11,13-15H,6H2,1-2H3,(H,16,17). The van der Waals surface area contributed by atoms with E-state index in [1.807, 2.05) is 13.8 Å². The number of phenols is 1. The van der Waals surface area contributed by atoms with E-state index >= 15 is 0 Å². The molecule has 0 spiro atoms. The van der Waals surface area contributed by atoms with Crippen LogP contribution in [0.25, 0.3) is 0 Å². The third-order valence-corrected chi connectivity index (χ3v) is 2.36. The van der Waals surface area contributed by atoms with E-state index in [0.29, 0.717) is 12.1 Å². The fourth-order valence-corrected chi connectivity index (χ4v) is 1.40. The fourth-order valence-electron chi connectivity index (χ4n) is 1.40. The lowest BCUT2D eigenvalue weighted by Gasteiger charge is -2.15. The molecule has 0 saturated heterocycles. The molecule has 4 N–H and O–H groups in total. The second kappa shape index (κ2) is 5.65. The molecule has 17 heavy (non-hydrogen) atoms. The molecular formula is C12H17NO4. The van der Waals surface area contributed by atoms with Crippen LogP contribution in [-0.2, 0) is 0 Å². The fraction of sp³-hybridized carbons (Fsp3) is 0.417. The first kappa shape index (κ1) is 13.5. The number of carboxylic acid groups (broad SMARTS) is 1. The Bertz CT molecular complexity index is 403. The Balaban J connectivity index is 2.84. The summed E-state index contributed by atoms with van der Waals surface area (Å²) < 4.78 is 0. The second-order valence-electron chi connectivity index (χ2n) is 4.16. The quantitative estimate of drug-likeness (QED) is 0.618. The van der Waals surface area contributed by atoms with Crippen LogP contribution < -0.4 is 5.32 Å². The first-order valence-electron chi connectivity index (χ1n) is 5.39. The summed E-state index contributed by atoms with van der Waals surface area (Å²) in [6.07, 6.45) is -0.795. The van der Waals surface area contributed by atoms with Crippen LogP contribution in [-0.4, -0.2) is 33.9 Å². The molecule has 1 aromatic rings. The lowest BCUT2D eigenvalue weighted by atomic mass is 10.0. The highest BCUT2D eigenvalue weighted by atomic mass is 16.4. The van der Waals surface area contributed by atoms with Gasteiger partial charge in [-0.15, -0.1) is 0 Å². The summed E-state index contributed by atoms with van der Waals surface area (Å²) in [5.74, 6) is -1.52. The number of aromatic hydroxyl groups is 1. The zero-order chi connectivity index (χ0) is 13.0. The molecular weight excluding hydrogens is 222 g/mol. The van der Waals surface area contributed by atoms with Gasteiger partial charge >= 0.3 is 5.97 Å². The van der Waals surface area contributed by atoms with Gasteiger partial charge in [0, 0.05) is 12.6 Å². The Morgan fingerprint density at radius 1 is 1.41 bits per heavy atom. The number of hydrogen-bond acceptors (Lipinski definition) is 4. The monoisotopic (exact) mass is 239 g/mol. The molecule has 94 valence electrons. The van der Waals surface area contributed by atoms with Gasteiger partial charge in [0.25, 0.3) is 0 Å². The average Bonchev–Trinajstić information content (AvgIpc) is 2.26. The van der Waals surface area contributed by atoms with Gasteiger partial charge in [0.2, 0.25) is 0 Å². The Hall–Kier alpha value is -1.59. The smallest absolute Gasteiger partial charge is 0.339 e. The van der Waals surface area contributed by atoms with E-state index in [9.17, 15) is 15.0 Å². The van der Waals surface area contributed by atoms with Crippen LogP contribution in [0.4, 0.5) is 0 Å². The first-order chi connectivity index (χ1) is 7.91. The molecule has 0 aliphatic carbocycles. The summed E-state index contributed by atoms with van der Waals surface area (Å²) in [4.78, 5) is 10.8. The van der Waals surface area contributed by atoms with Crippen molar-refractivity contribution in [1.82, 2.24) is 5.32 Å². The van der Waals surface area contributed by atoms with Crippen molar-refractivity contribution in [2.24, 2.45) is 0 Å². The Morgan fingerprint density at radius 3 is 2.59 bits per heavy atom. The molecule has 0 fully saturated rings. The number of aliphatic hydroxyl groups is 1. The number of hydrogen-bond donors (Lipinski definition) is 4. The summed E-state index contributed by atoms with van der Waals surface area (Å²) in [5, 5.41) is 31.0. The van der Waals surface area contributed by atoms with Crippen LogP contribution in [0.3, 0.4) is 0 Å². The Morgan fingerprint density at radius 2 is 2.06 bits per heavy atom. The van der Waals surface area contributed by atoms with Crippen molar-refractivity contribution >= 4 is 5.97 Å². The molecule has 0 aliphatic heterocycles. The number of benzene rings is 1. The van der Waals surface area contributed by atoms with Crippen molar-refractivity contribution in [2.45, 2.75) is 26.0 Å². The van der Waals surface area contributed by atoms with E-state index in [1.54, 1.807) is 0 Å². The summed E-state index contributed by atoms with van der Waals surface area (Å²) >= 11 is 0. The number of aliphatic hydroxyl groups excluding tert-OH is 1. The molecule has 0 aliphatic rings. The maximum atomic E-state index is 10.8. The topological polar surface area (TPSA) is 89.8 Å². The van der Waals surface area contributed by atoms with E-state index in [2.05, 4.69) is 5.32 Å². The predicted molar refractivity (Wildman–Crippen MR) is 63.2 cm³/mol. The molecule has 1 unspecified atom stereocenters. The van der Waals surface area contributed by atoms with E-state index in [4.69, 9.17) is 5.11 Å². The summed E-state index contributed by atoms with van der Waals surface area (Å²) in [5.41, 5.74) is 0.263. The number of rotatable bonds is 5. The van der Waals surface area contributed by atoms with E-state index in [-0.39, 0.29) is 17.4 Å². The molecule has 0 amide bonds.